The van der Waals surface area contributed by atoms with Crippen LogP contribution in [0.1, 0.15) is 18.2 Å². The van der Waals surface area contributed by atoms with Gasteiger partial charge in [0.25, 0.3) is 0 Å². The number of hydrogen-bond acceptors (Lipinski definition) is 1. The van der Waals surface area contributed by atoms with Gasteiger partial charge in [0, 0.05) is 23.1 Å². The second-order valence-electron chi connectivity index (χ2n) is 5.09. The third-order valence-electron chi connectivity index (χ3n) is 3.29. The van der Waals surface area contributed by atoms with E-state index >= 15 is 0 Å². The zero-order chi connectivity index (χ0) is 15.4. The Labute approximate surface area is 121 Å². The number of hydrogen-bond donors (Lipinski definition) is 3. The monoisotopic (exact) mass is 295 g/mol. The standard InChI is InChI=1S/C15H19F2N3O/c1-9(16)8-19-15(21)18-6-5-12-10(2)20-14-7-11(17)3-4-13(12)14/h3-4,7,9,20H,5-6,8H2,1-2H3,(H2,18,19,21). The van der Waals surface area contributed by atoms with Gasteiger partial charge in [0.2, 0.25) is 0 Å². The van der Waals surface area contributed by atoms with Gasteiger partial charge in [-0.05, 0) is 44.0 Å². The van der Waals surface area contributed by atoms with E-state index in [2.05, 4.69) is 15.6 Å². The number of aryl methyl sites for hydroxylation is 1. The molecule has 1 unspecified atom stereocenters. The van der Waals surface area contributed by atoms with Gasteiger partial charge in [0.1, 0.15) is 12.0 Å². The topological polar surface area (TPSA) is 56.9 Å². The predicted octanol–water partition coefficient (Wildman–Crippen LogP) is 2.82. The Morgan fingerprint density at radius 2 is 2.14 bits per heavy atom. The first-order chi connectivity index (χ1) is 9.97. The average molecular weight is 295 g/mol. The van der Waals surface area contributed by atoms with Crippen LogP contribution < -0.4 is 10.6 Å². The number of carbonyl (C=O) groups is 1. The first-order valence-corrected chi connectivity index (χ1v) is 6.90. The molecule has 0 aliphatic carbocycles. The number of aromatic nitrogens is 1. The zero-order valence-electron chi connectivity index (χ0n) is 12.1. The molecular weight excluding hydrogens is 276 g/mol. The van der Waals surface area contributed by atoms with Gasteiger partial charge in [0.05, 0.1) is 6.54 Å². The fourth-order valence-corrected chi connectivity index (χ4v) is 2.28. The zero-order valence-corrected chi connectivity index (χ0v) is 12.1. The molecular formula is C15H19F2N3O. The SMILES string of the molecule is Cc1[nH]c2cc(F)ccc2c1CCNC(=O)NCC(C)F. The van der Waals surface area contributed by atoms with Gasteiger partial charge in [-0.15, -0.1) is 0 Å². The highest BCUT2D eigenvalue weighted by Gasteiger charge is 2.09. The number of halogens is 2. The maximum atomic E-state index is 13.2. The van der Waals surface area contributed by atoms with Crippen molar-refractivity contribution in [3.63, 3.8) is 0 Å². The van der Waals surface area contributed by atoms with Gasteiger partial charge in [-0.3, -0.25) is 0 Å². The Bertz CT molecular complexity index is 637. The normalized spacial score (nSPS) is 12.4. The second kappa shape index (κ2) is 6.56. The van der Waals surface area contributed by atoms with Gasteiger partial charge < -0.3 is 15.6 Å². The van der Waals surface area contributed by atoms with Crippen LogP contribution in [0.4, 0.5) is 13.6 Å². The summed E-state index contributed by atoms with van der Waals surface area (Å²) in [4.78, 5) is 14.6. The minimum absolute atomic E-state index is 0.00275. The number of fused-ring (bicyclic) bond motifs is 1. The molecule has 0 radical (unpaired) electrons. The van der Waals surface area contributed by atoms with E-state index in [0.29, 0.717) is 13.0 Å². The van der Waals surface area contributed by atoms with Gasteiger partial charge >= 0.3 is 6.03 Å². The van der Waals surface area contributed by atoms with E-state index in [0.717, 1.165) is 22.2 Å². The molecule has 0 aliphatic rings. The van der Waals surface area contributed by atoms with E-state index in [-0.39, 0.29) is 18.4 Å². The third-order valence-corrected chi connectivity index (χ3v) is 3.29. The summed E-state index contributed by atoms with van der Waals surface area (Å²) in [7, 11) is 0. The summed E-state index contributed by atoms with van der Waals surface area (Å²) in [6, 6.07) is 4.22. The molecule has 6 heteroatoms. The van der Waals surface area contributed by atoms with Crippen molar-refractivity contribution < 1.29 is 13.6 Å². The number of amides is 2. The van der Waals surface area contributed by atoms with Crippen LogP contribution in [0.2, 0.25) is 0 Å². The molecule has 2 rings (SSSR count). The van der Waals surface area contributed by atoms with Gasteiger partial charge in [-0.25, -0.2) is 13.6 Å². The van der Waals surface area contributed by atoms with Crippen LogP contribution in [-0.4, -0.2) is 30.3 Å². The second-order valence-corrected chi connectivity index (χ2v) is 5.09. The quantitative estimate of drug-likeness (QED) is 0.780. The number of alkyl halides is 1. The highest BCUT2D eigenvalue weighted by molar-refractivity contribution is 5.84. The van der Waals surface area contributed by atoms with Crippen LogP contribution in [-0.2, 0) is 6.42 Å². The number of H-pyrrole nitrogens is 1. The maximum absolute atomic E-state index is 13.2. The lowest BCUT2D eigenvalue weighted by molar-refractivity contribution is 0.236. The highest BCUT2D eigenvalue weighted by atomic mass is 19.1. The van der Waals surface area contributed by atoms with Crippen molar-refractivity contribution in [3.05, 3.63) is 35.3 Å². The van der Waals surface area contributed by atoms with Gasteiger partial charge in [-0.1, -0.05) is 0 Å². The van der Waals surface area contributed by atoms with Crippen molar-refractivity contribution >= 4 is 16.9 Å². The van der Waals surface area contributed by atoms with Gasteiger partial charge in [-0.2, -0.15) is 0 Å². The molecule has 3 N–H and O–H groups in total. The molecule has 0 spiro atoms. The van der Waals surface area contributed by atoms with Crippen molar-refractivity contribution in [3.8, 4) is 0 Å². The van der Waals surface area contributed by atoms with E-state index < -0.39 is 6.17 Å². The number of urea groups is 1. The van der Waals surface area contributed by atoms with Crippen LogP contribution in [0.25, 0.3) is 10.9 Å². The molecule has 1 atom stereocenters. The van der Waals surface area contributed by atoms with Crippen molar-refractivity contribution in [1.29, 1.82) is 0 Å². The van der Waals surface area contributed by atoms with E-state index in [9.17, 15) is 13.6 Å². The number of benzene rings is 1. The molecule has 0 fully saturated rings. The van der Waals surface area contributed by atoms with Crippen LogP contribution in [0.15, 0.2) is 18.2 Å². The summed E-state index contributed by atoms with van der Waals surface area (Å²) in [6.07, 6.45) is -0.447. The van der Waals surface area contributed by atoms with Crippen molar-refractivity contribution in [2.75, 3.05) is 13.1 Å². The minimum Gasteiger partial charge on any atom is -0.358 e. The fourth-order valence-electron chi connectivity index (χ4n) is 2.28. The molecule has 0 bridgehead atoms. The Hall–Kier alpha value is -2.11. The molecule has 1 heterocycles. The molecule has 0 saturated heterocycles. The van der Waals surface area contributed by atoms with E-state index in [4.69, 9.17) is 0 Å². The van der Waals surface area contributed by atoms with E-state index in [1.807, 2.05) is 6.92 Å². The number of nitrogens with one attached hydrogen (secondary N) is 3. The maximum Gasteiger partial charge on any atom is 0.314 e. The summed E-state index contributed by atoms with van der Waals surface area (Å²) in [5, 5.41) is 6.07. The van der Waals surface area contributed by atoms with E-state index in [1.165, 1.54) is 19.1 Å². The third kappa shape index (κ3) is 3.93. The van der Waals surface area contributed by atoms with E-state index in [1.54, 1.807) is 6.07 Å². The van der Waals surface area contributed by atoms with Crippen LogP contribution in [0.5, 0.6) is 0 Å². The van der Waals surface area contributed by atoms with Crippen LogP contribution in [0, 0.1) is 12.7 Å². The Morgan fingerprint density at radius 3 is 2.86 bits per heavy atom. The lowest BCUT2D eigenvalue weighted by Gasteiger charge is -2.08. The number of aromatic amines is 1. The molecule has 0 saturated carbocycles. The molecule has 0 aliphatic heterocycles. The summed E-state index contributed by atoms with van der Waals surface area (Å²) in [6.45, 7) is 3.72. The lowest BCUT2D eigenvalue weighted by Crippen LogP contribution is -2.39. The van der Waals surface area contributed by atoms with Crippen molar-refractivity contribution in [2.45, 2.75) is 26.4 Å². The molecule has 1 aromatic carbocycles. The Morgan fingerprint density at radius 1 is 1.38 bits per heavy atom. The first-order valence-electron chi connectivity index (χ1n) is 6.90. The molecule has 114 valence electrons. The summed E-state index contributed by atoms with van der Waals surface area (Å²) in [5.41, 5.74) is 2.75. The van der Waals surface area contributed by atoms with Crippen molar-refractivity contribution in [1.82, 2.24) is 15.6 Å². The molecule has 1 aromatic heterocycles. The molecule has 21 heavy (non-hydrogen) atoms. The predicted molar refractivity (Wildman–Crippen MR) is 78.7 cm³/mol. The number of carbonyl (C=O) groups excluding carboxylic acids is 1. The summed E-state index contributed by atoms with van der Waals surface area (Å²) >= 11 is 0. The van der Waals surface area contributed by atoms with Crippen LogP contribution >= 0.6 is 0 Å². The summed E-state index contributed by atoms with van der Waals surface area (Å²) < 4.78 is 25.8. The smallest absolute Gasteiger partial charge is 0.314 e. The highest BCUT2D eigenvalue weighted by Crippen LogP contribution is 2.23. The molecule has 2 amide bonds. The first kappa shape index (κ1) is 15.3. The lowest BCUT2D eigenvalue weighted by atomic mass is 10.1. The van der Waals surface area contributed by atoms with Crippen LogP contribution in [0.3, 0.4) is 0 Å². The summed E-state index contributed by atoms with van der Waals surface area (Å²) in [5.74, 6) is -0.284. The number of rotatable bonds is 5. The average Bonchev–Trinajstić information content (AvgIpc) is 2.72. The minimum atomic E-state index is -1.07. The Balaban J connectivity index is 1.94. The Kier molecular flexibility index (Phi) is 4.77. The largest absolute Gasteiger partial charge is 0.358 e. The molecule has 2 aromatic rings. The van der Waals surface area contributed by atoms with Gasteiger partial charge in [0.15, 0.2) is 0 Å². The molecule has 4 nitrogen and oxygen atoms in total. The fraction of sp³-hybridized carbons (Fsp3) is 0.400. The van der Waals surface area contributed by atoms with Crippen molar-refractivity contribution in [2.24, 2.45) is 0 Å².